The standard InChI is InChI=1S/C19H12BrCl2FN2O3/c20-12-5-4-9(11-7-10(23)8-24-17(11)12)6-15(19(27)28)25-18(26)16-13(21)2-1-3-14(16)22/h1-5,7-8,15H,6H2,(H,25,26)(H,27,28). The summed E-state index contributed by atoms with van der Waals surface area (Å²) in [6.45, 7) is 0. The molecule has 1 heterocycles. The van der Waals surface area contributed by atoms with Crippen molar-refractivity contribution in [2.75, 3.05) is 0 Å². The molecule has 1 atom stereocenters. The van der Waals surface area contributed by atoms with E-state index in [9.17, 15) is 19.1 Å². The van der Waals surface area contributed by atoms with Gasteiger partial charge in [-0.05, 0) is 45.8 Å². The predicted octanol–water partition coefficient (Wildman–Crippen LogP) is 4.87. The summed E-state index contributed by atoms with van der Waals surface area (Å²) in [5.74, 6) is -2.52. The lowest BCUT2D eigenvalue weighted by Gasteiger charge is -2.17. The Bertz CT molecular complexity index is 1070. The quantitative estimate of drug-likeness (QED) is 0.540. The number of carbonyl (C=O) groups excluding carboxylic acids is 1. The molecule has 0 aliphatic carbocycles. The SMILES string of the molecule is O=C(NC(Cc1ccc(Br)c2ncc(F)cc12)C(=O)O)c1c(Cl)cccc1Cl. The molecule has 1 unspecified atom stereocenters. The highest BCUT2D eigenvalue weighted by Crippen LogP contribution is 2.27. The Morgan fingerprint density at radius 2 is 1.89 bits per heavy atom. The lowest BCUT2D eigenvalue weighted by molar-refractivity contribution is -0.139. The van der Waals surface area contributed by atoms with E-state index >= 15 is 0 Å². The number of hydrogen-bond acceptors (Lipinski definition) is 3. The fourth-order valence-electron chi connectivity index (χ4n) is 2.76. The van der Waals surface area contributed by atoms with E-state index < -0.39 is 23.7 Å². The summed E-state index contributed by atoms with van der Waals surface area (Å²) in [5, 5.41) is 12.7. The van der Waals surface area contributed by atoms with E-state index in [1.165, 1.54) is 18.2 Å². The number of aromatic nitrogens is 1. The first kappa shape index (κ1) is 20.5. The van der Waals surface area contributed by atoms with Crippen LogP contribution in [0.5, 0.6) is 0 Å². The molecule has 0 spiro atoms. The zero-order valence-corrected chi connectivity index (χ0v) is 17.1. The van der Waals surface area contributed by atoms with Crippen molar-refractivity contribution in [3.05, 3.63) is 74.1 Å². The minimum Gasteiger partial charge on any atom is -0.480 e. The third kappa shape index (κ3) is 4.27. The average molecular weight is 486 g/mol. The molecule has 1 amide bonds. The van der Waals surface area contributed by atoms with Crippen molar-refractivity contribution in [3.8, 4) is 0 Å². The fourth-order valence-corrected chi connectivity index (χ4v) is 3.78. The lowest BCUT2D eigenvalue weighted by atomic mass is 10.0. The zero-order chi connectivity index (χ0) is 20.4. The van der Waals surface area contributed by atoms with E-state index in [2.05, 4.69) is 26.2 Å². The van der Waals surface area contributed by atoms with Gasteiger partial charge in [0.25, 0.3) is 5.91 Å². The van der Waals surface area contributed by atoms with Gasteiger partial charge in [0.15, 0.2) is 0 Å². The smallest absolute Gasteiger partial charge is 0.326 e. The van der Waals surface area contributed by atoms with Crippen LogP contribution < -0.4 is 5.32 Å². The van der Waals surface area contributed by atoms with Crippen LogP contribution in [0.4, 0.5) is 4.39 Å². The van der Waals surface area contributed by atoms with Crippen molar-refractivity contribution >= 4 is 61.9 Å². The summed E-state index contributed by atoms with van der Waals surface area (Å²) in [4.78, 5) is 28.3. The Morgan fingerprint density at radius 3 is 2.54 bits per heavy atom. The van der Waals surface area contributed by atoms with Gasteiger partial charge in [-0.1, -0.05) is 35.3 Å². The number of benzene rings is 2. The number of carboxylic acids is 1. The lowest BCUT2D eigenvalue weighted by Crippen LogP contribution is -2.42. The van der Waals surface area contributed by atoms with E-state index in [0.717, 1.165) is 6.20 Å². The number of nitrogens with zero attached hydrogens (tertiary/aromatic N) is 1. The van der Waals surface area contributed by atoms with E-state index in [-0.39, 0.29) is 22.0 Å². The molecule has 3 rings (SSSR count). The van der Waals surface area contributed by atoms with E-state index in [4.69, 9.17) is 23.2 Å². The number of nitrogens with one attached hydrogen (secondary N) is 1. The molecular formula is C19H12BrCl2FN2O3. The van der Waals surface area contributed by atoms with Gasteiger partial charge in [-0.15, -0.1) is 0 Å². The molecule has 2 aromatic carbocycles. The van der Waals surface area contributed by atoms with Crippen LogP contribution in [0.25, 0.3) is 10.9 Å². The van der Waals surface area contributed by atoms with Crippen molar-refractivity contribution in [3.63, 3.8) is 0 Å². The van der Waals surface area contributed by atoms with Gasteiger partial charge >= 0.3 is 5.97 Å². The van der Waals surface area contributed by atoms with Crippen LogP contribution in [0.2, 0.25) is 10.0 Å². The third-order valence-corrected chi connectivity index (χ3v) is 5.34. The zero-order valence-electron chi connectivity index (χ0n) is 14.0. The molecule has 0 aliphatic heterocycles. The first-order valence-electron chi connectivity index (χ1n) is 7.98. The van der Waals surface area contributed by atoms with Gasteiger partial charge in [0.05, 0.1) is 27.3 Å². The summed E-state index contributed by atoms with van der Waals surface area (Å²) < 4.78 is 14.3. The Labute approximate surface area is 177 Å². The predicted molar refractivity (Wildman–Crippen MR) is 108 cm³/mol. The maximum atomic E-state index is 13.7. The molecule has 28 heavy (non-hydrogen) atoms. The number of hydrogen-bond donors (Lipinski definition) is 2. The first-order valence-corrected chi connectivity index (χ1v) is 9.53. The summed E-state index contributed by atoms with van der Waals surface area (Å²) >= 11 is 15.4. The Morgan fingerprint density at radius 1 is 1.21 bits per heavy atom. The van der Waals surface area contributed by atoms with Gasteiger partial charge < -0.3 is 10.4 Å². The fraction of sp³-hybridized carbons (Fsp3) is 0.105. The Hall–Kier alpha value is -2.22. The van der Waals surface area contributed by atoms with E-state index in [1.54, 1.807) is 18.2 Å². The molecule has 0 bridgehead atoms. The van der Waals surface area contributed by atoms with Gasteiger partial charge in [-0.2, -0.15) is 0 Å². The molecule has 2 N–H and O–H groups in total. The van der Waals surface area contributed by atoms with Crippen LogP contribution in [-0.4, -0.2) is 28.0 Å². The second kappa shape index (κ2) is 8.43. The van der Waals surface area contributed by atoms with E-state index in [0.29, 0.717) is 20.9 Å². The van der Waals surface area contributed by atoms with Gasteiger partial charge in [-0.25, -0.2) is 9.18 Å². The molecule has 0 radical (unpaired) electrons. The second-order valence-electron chi connectivity index (χ2n) is 5.92. The van der Waals surface area contributed by atoms with Crippen LogP contribution in [0.1, 0.15) is 15.9 Å². The van der Waals surface area contributed by atoms with Crippen LogP contribution in [-0.2, 0) is 11.2 Å². The molecule has 0 aliphatic rings. The van der Waals surface area contributed by atoms with Crippen molar-refractivity contribution in [2.45, 2.75) is 12.5 Å². The van der Waals surface area contributed by atoms with Gasteiger partial charge in [0.2, 0.25) is 0 Å². The molecule has 1 aromatic heterocycles. The number of rotatable bonds is 5. The molecule has 0 fully saturated rings. The summed E-state index contributed by atoms with van der Waals surface area (Å²) in [6, 6.07) is 7.86. The van der Waals surface area contributed by atoms with Crippen LogP contribution in [0, 0.1) is 5.82 Å². The van der Waals surface area contributed by atoms with Crippen molar-refractivity contribution < 1.29 is 19.1 Å². The van der Waals surface area contributed by atoms with Crippen molar-refractivity contribution in [1.29, 1.82) is 0 Å². The monoisotopic (exact) mass is 484 g/mol. The minimum atomic E-state index is -1.28. The topological polar surface area (TPSA) is 79.3 Å². The molecule has 144 valence electrons. The largest absolute Gasteiger partial charge is 0.480 e. The molecule has 5 nitrogen and oxygen atoms in total. The number of pyridine rings is 1. The van der Waals surface area contributed by atoms with Crippen LogP contribution in [0.15, 0.2) is 47.1 Å². The first-order chi connectivity index (χ1) is 13.3. The average Bonchev–Trinajstić information content (AvgIpc) is 2.63. The second-order valence-corrected chi connectivity index (χ2v) is 7.59. The normalized spacial score (nSPS) is 12.0. The van der Waals surface area contributed by atoms with Gasteiger partial charge in [0, 0.05) is 16.3 Å². The number of aliphatic carboxylic acids is 1. The highest BCUT2D eigenvalue weighted by molar-refractivity contribution is 9.10. The van der Waals surface area contributed by atoms with E-state index in [1.807, 2.05) is 0 Å². The summed E-state index contributed by atoms with van der Waals surface area (Å²) in [5.41, 5.74) is 0.997. The van der Waals surface area contributed by atoms with Crippen molar-refractivity contribution in [2.24, 2.45) is 0 Å². The number of carbonyl (C=O) groups is 2. The summed E-state index contributed by atoms with van der Waals surface area (Å²) in [6.07, 6.45) is 0.991. The van der Waals surface area contributed by atoms with Crippen molar-refractivity contribution in [1.82, 2.24) is 10.3 Å². The number of carboxylic acid groups (broad SMARTS) is 1. The molecule has 0 saturated carbocycles. The minimum absolute atomic E-state index is 0.00883. The highest BCUT2D eigenvalue weighted by atomic mass is 79.9. The van der Waals surface area contributed by atoms with Crippen LogP contribution >= 0.6 is 39.1 Å². The highest BCUT2D eigenvalue weighted by Gasteiger charge is 2.24. The van der Waals surface area contributed by atoms with Crippen LogP contribution in [0.3, 0.4) is 0 Å². The van der Waals surface area contributed by atoms with Gasteiger partial charge in [0.1, 0.15) is 11.9 Å². The maximum Gasteiger partial charge on any atom is 0.326 e. The number of halogens is 4. The Kier molecular flexibility index (Phi) is 6.17. The third-order valence-electron chi connectivity index (χ3n) is 4.07. The molecule has 0 saturated heterocycles. The number of amides is 1. The van der Waals surface area contributed by atoms with Gasteiger partial charge in [-0.3, -0.25) is 9.78 Å². The molecule has 3 aromatic rings. The molecular weight excluding hydrogens is 474 g/mol. The Balaban J connectivity index is 1.94. The number of fused-ring (bicyclic) bond motifs is 1. The maximum absolute atomic E-state index is 13.7. The summed E-state index contributed by atoms with van der Waals surface area (Å²) in [7, 11) is 0. The molecule has 9 heteroatoms.